The van der Waals surface area contributed by atoms with Gasteiger partial charge in [0.05, 0.1) is 5.92 Å². The highest BCUT2D eigenvalue weighted by atomic mass is 16.4. The van der Waals surface area contributed by atoms with Crippen molar-refractivity contribution >= 4 is 17.8 Å². The van der Waals surface area contributed by atoms with Crippen molar-refractivity contribution in [2.75, 3.05) is 6.54 Å². The van der Waals surface area contributed by atoms with E-state index < -0.39 is 5.97 Å². The third-order valence-corrected chi connectivity index (χ3v) is 4.31. The molecule has 2 amide bonds. The fourth-order valence-electron chi connectivity index (χ4n) is 2.83. The number of aliphatic carboxylic acids is 1. The monoisotopic (exact) mass is 346 g/mol. The van der Waals surface area contributed by atoms with Crippen LogP contribution in [-0.2, 0) is 4.79 Å². The lowest BCUT2D eigenvalue weighted by Gasteiger charge is -2.18. The standard InChI is InChI=1S/C19H26N2O4/c1-19(2,3)11-20-16(22)12-4-6-13(7-5-12)17(23)21-15-9-8-14(10-15)18(24)25/h4-7,14-15H,8-11H2,1-3H3,(H,20,22)(H,21,23)(H,24,25)/t14-,15+/m1/s1. The van der Waals surface area contributed by atoms with Crippen molar-refractivity contribution in [1.29, 1.82) is 0 Å². The first-order valence-electron chi connectivity index (χ1n) is 8.57. The highest BCUT2D eigenvalue weighted by Crippen LogP contribution is 2.25. The van der Waals surface area contributed by atoms with Gasteiger partial charge in [-0.2, -0.15) is 0 Å². The zero-order valence-corrected chi connectivity index (χ0v) is 15.0. The van der Waals surface area contributed by atoms with Crippen LogP contribution < -0.4 is 10.6 Å². The van der Waals surface area contributed by atoms with Crippen LogP contribution in [0.1, 0.15) is 60.7 Å². The van der Waals surface area contributed by atoms with Gasteiger partial charge in [0, 0.05) is 23.7 Å². The van der Waals surface area contributed by atoms with E-state index in [9.17, 15) is 14.4 Å². The molecule has 1 aromatic rings. The van der Waals surface area contributed by atoms with E-state index in [-0.39, 0.29) is 29.2 Å². The second-order valence-corrected chi connectivity index (χ2v) is 7.84. The molecule has 0 aromatic heterocycles. The first kappa shape index (κ1) is 19.0. The second-order valence-electron chi connectivity index (χ2n) is 7.84. The highest BCUT2D eigenvalue weighted by Gasteiger charge is 2.30. The highest BCUT2D eigenvalue weighted by molar-refractivity contribution is 5.98. The summed E-state index contributed by atoms with van der Waals surface area (Å²) in [4.78, 5) is 35.3. The van der Waals surface area contributed by atoms with Gasteiger partial charge in [-0.3, -0.25) is 14.4 Å². The number of carboxylic acids is 1. The third-order valence-electron chi connectivity index (χ3n) is 4.31. The molecule has 136 valence electrons. The van der Waals surface area contributed by atoms with E-state index in [4.69, 9.17) is 5.11 Å². The van der Waals surface area contributed by atoms with Crippen LogP contribution >= 0.6 is 0 Å². The summed E-state index contributed by atoms with van der Waals surface area (Å²) in [6.45, 7) is 6.69. The Kier molecular flexibility index (Phi) is 5.82. The van der Waals surface area contributed by atoms with Gasteiger partial charge < -0.3 is 15.7 Å². The Hall–Kier alpha value is -2.37. The van der Waals surface area contributed by atoms with Gasteiger partial charge in [-0.15, -0.1) is 0 Å². The zero-order valence-electron chi connectivity index (χ0n) is 15.0. The molecule has 0 unspecified atom stereocenters. The minimum Gasteiger partial charge on any atom is -0.481 e. The summed E-state index contributed by atoms with van der Waals surface area (Å²) in [5.74, 6) is -1.58. The van der Waals surface area contributed by atoms with E-state index >= 15 is 0 Å². The summed E-state index contributed by atoms with van der Waals surface area (Å²) >= 11 is 0. The molecular formula is C19H26N2O4. The molecule has 0 saturated heterocycles. The molecule has 1 saturated carbocycles. The van der Waals surface area contributed by atoms with Gasteiger partial charge in [-0.25, -0.2) is 0 Å². The molecule has 0 heterocycles. The number of rotatable bonds is 5. The SMILES string of the molecule is CC(C)(C)CNC(=O)c1ccc(C(=O)N[C@H]2CC[C@@H](C(=O)O)C2)cc1. The number of nitrogens with one attached hydrogen (secondary N) is 2. The largest absolute Gasteiger partial charge is 0.481 e. The van der Waals surface area contributed by atoms with Crippen LogP contribution in [0.25, 0.3) is 0 Å². The molecule has 2 atom stereocenters. The number of amides is 2. The fourth-order valence-corrected chi connectivity index (χ4v) is 2.83. The molecular weight excluding hydrogens is 320 g/mol. The molecule has 2 rings (SSSR count). The maximum Gasteiger partial charge on any atom is 0.306 e. The number of carboxylic acid groups (broad SMARTS) is 1. The Labute approximate surface area is 148 Å². The third kappa shape index (κ3) is 5.59. The van der Waals surface area contributed by atoms with Crippen molar-refractivity contribution < 1.29 is 19.5 Å². The van der Waals surface area contributed by atoms with Gasteiger partial charge in [0.25, 0.3) is 11.8 Å². The average molecular weight is 346 g/mol. The van der Waals surface area contributed by atoms with Crippen molar-refractivity contribution in [3.05, 3.63) is 35.4 Å². The summed E-state index contributed by atoms with van der Waals surface area (Å²) in [5.41, 5.74) is 0.976. The molecule has 6 heteroatoms. The average Bonchev–Trinajstić information content (AvgIpc) is 3.01. The minimum absolute atomic E-state index is 0.00454. The number of carbonyl (C=O) groups is 3. The Morgan fingerprint density at radius 2 is 1.60 bits per heavy atom. The lowest BCUT2D eigenvalue weighted by molar-refractivity contribution is -0.141. The Balaban J connectivity index is 1.90. The van der Waals surface area contributed by atoms with Crippen molar-refractivity contribution in [3.63, 3.8) is 0 Å². The molecule has 1 aliphatic rings. The van der Waals surface area contributed by atoms with Crippen LogP contribution in [0.5, 0.6) is 0 Å². The number of benzene rings is 1. The van der Waals surface area contributed by atoms with Gasteiger partial charge in [0.2, 0.25) is 0 Å². The van der Waals surface area contributed by atoms with Gasteiger partial charge in [0.15, 0.2) is 0 Å². The van der Waals surface area contributed by atoms with E-state index in [2.05, 4.69) is 10.6 Å². The molecule has 0 aliphatic heterocycles. The van der Waals surface area contributed by atoms with E-state index in [1.165, 1.54) is 0 Å². The predicted octanol–water partition coefficient (Wildman–Crippen LogP) is 2.45. The van der Waals surface area contributed by atoms with Gasteiger partial charge in [-0.1, -0.05) is 20.8 Å². The number of hydrogen-bond acceptors (Lipinski definition) is 3. The van der Waals surface area contributed by atoms with Crippen LogP contribution in [0.4, 0.5) is 0 Å². The van der Waals surface area contributed by atoms with Crippen LogP contribution in [0, 0.1) is 11.3 Å². The first-order valence-corrected chi connectivity index (χ1v) is 8.57. The molecule has 1 aromatic carbocycles. The lowest BCUT2D eigenvalue weighted by atomic mass is 9.97. The Bertz CT molecular complexity index is 646. The lowest BCUT2D eigenvalue weighted by Crippen LogP contribution is -2.33. The summed E-state index contributed by atoms with van der Waals surface area (Å²) in [5, 5.41) is 14.7. The summed E-state index contributed by atoms with van der Waals surface area (Å²) in [6, 6.07) is 6.38. The predicted molar refractivity (Wildman–Crippen MR) is 94.5 cm³/mol. The minimum atomic E-state index is -0.803. The fraction of sp³-hybridized carbons (Fsp3) is 0.526. The van der Waals surface area contributed by atoms with Gasteiger partial charge >= 0.3 is 5.97 Å². The molecule has 25 heavy (non-hydrogen) atoms. The normalized spacial score (nSPS) is 20.1. The topological polar surface area (TPSA) is 95.5 Å². The smallest absolute Gasteiger partial charge is 0.306 e. The van der Waals surface area contributed by atoms with Crippen molar-refractivity contribution in [3.8, 4) is 0 Å². The van der Waals surface area contributed by atoms with Gasteiger partial charge in [0.1, 0.15) is 0 Å². The molecule has 6 nitrogen and oxygen atoms in total. The molecule has 3 N–H and O–H groups in total. The molecule has 0 bridgehead atoms. The van der Waals surface area contributed by atoms with Crippen LogP contribution in [-0.4, -0.2) is 35.5 Å². The maximum absolute atomic E-state index is 12.3. The van der Waals surface area contributed by atoms with E-state index in [1.807, 2.05) is 20.8 Å². The Morgan fingerprint density at radius 3 is 2.08 bits per heavy atom. The summed E-state index contributed by atoms with van der Waals surface area (Å²) in [7, 11) is 0. The van der Waals surface area contributed by atoms with Crippen molar-refractivity contribution in [2.24, 2.45) is 11.3 Å². The molecule has 0 spiro atoms. The quantitative estimate of drug-likeness (QED) is 0.763. The van der Waals surface area contributed by atoms with E-state index in [1.54, 1.807) is 24.3 Å². The maximum atomic E-state index is 12.3. The van der Waals surface area contributed by atoms with Crippen LogP contribution in [0.3, 0.4) is 0 Å². The first-order chi connectivity index (χ1) is 11.7. The Morgan fingerprint density at radius 1 is 1.04 bits per heavy atom. The summed E-state index contributed by atoms with van der Waals surface area (Å²) < 4.78 is 0. The molecule has 0 radical (unpaired) electrons. The number of carbonyl (C=O) groups excluding carboxylic acids is 2. The van der Waals surface area contributed by atoms with Crippen LogP contribution in [0.15, 0.2) is 24.3 Å². The van der Waals surface area contributed by atoms with Crippen LogP contribution in [0.2, 0.25) is 0 Å². The van der Waals surface area contributed by atoms with Crippen molar-refractivity contribution in [1.82, 2.24) is 10.6 Å². The summed E-state index contributed by atoms with van der Waals surface area (Å²) in [6.07, 6.45) is 1.73. The van der Waals surface area contributed by atoms with Crippen molar-refractivity contribution in [2.45, 2.75) is 46.1 Å². The molecule has 1 aliphatic carbocycles. The van der Waals surface area contributed by atoms with Gasteiger partial charge in [-0.05, 0) is 48.9 Å². The van der Waals surface area contributed by atoms with E-state index in [0.717, 1.165) is 0 Å². The van der Waals surface area contributed by atoms with E-state index in [0.29, 0.717) is 36.9 Å². The number of hydrogen-bond donors (Lipinski definition) is 3. The molecule has 1 fully saturated rings. The zero-order chi connectivity index (χ0) is 18.6. The second kappa shape index (κ2) is 7.68.